The Kier molecular flexibility index (Phi) is 5.21. The van der Waals surface area contributed by atoms with Crippen molar-refractivity contribution in [1.82, 2.24) is 4.57 Å². The average Bonchev–Trinajstić information content (AvgIpc) is 3.68. The molecular weight excluding hydrogens is 595 g/mol. The molecule has 0 radical (unpaired) electrons. The van der Waals surface area contributed by atoms with E-state index >= 15 is 0 Å². The molecule has 1 aliphatic rings. The molecule has 11 rings (SSSR count). The minimum Gasteiger partial charge on any atom is -0.456 e. The summed E-state index contributed by atoms with van der Waals surface area (Å²) in [5.41, 5.74) is 12.6. The molecule has 0 amide bonds. The maximum Gasteiger partial charge on any atom is 0.140 e. The molecule has 0 saturated heterocycles. The van der Waals surface area contributed by atoms with Crippen molar-refractivity contribution in [1.29, 1.82) is 0 Å². The lowest BCUT2D eigenvalue weighted by atomic mass is 9.74. The summed E-state index contributed by atoms with van der Waals surface area (Å²) < 4.78 is 9.53. The molecule has 0 spiro atoms. The number of fused-ring (bicyclic) bond motifs is 17. The molecule has 49 heavy (non-hydrogen) atoms. The Morgan fingerprint density at radius 2 is 1.04 bits per heavy atom. The van der Waals surface area contributed by atoms with Gasteiger partial charge in [0.1, 0.15) is 11.2 Å². The lowest BCUT2D eigenvalue weighted by Crippen LogP contribution is -2.21. The van der Waals surface area contributed by atoms with Gasteiger partial charge in [-0.05, 0) is 79.7 Å². The van der Waals surface area contributed by atoms with Gasteiger partial charge in [-0.25, -0.2) is 0 Å². The van der Waals surface area contributed by atoms with Crippen LogP contribution in [-0.2, 0) is 5.41 Å². The summed E-state index contributed by atoms with van der Waals surface area (Å²) >= 11 is 0. The van der Waals surface area contributed by atoms with E-state index in [2.05, 4.69) is 170 Å². The van der Waals surface area contributed by atoms with E-state index in [-0.39, 0.29) is 0 Å². The van der Waals surface area contributed by atoms with Gasteiger partial charge >= 0.3 is 0 Å². The van der Waals surface area contributed by atoms with E-state index in [0.717, 1.165) is 16.9 Å². The molecule has 8 aromatic carbocycles. The molecule has 2 aromatic heterocycles. The van der Waals surface area contributed by atoms with Crippen molar-refractivity contribution in [3.8, 4) is 27.9 Å². The molecule has 0 aliphatic heterocycles. The van der Waals surface area contributed by atoms with Crippen LogP contribution in [0.2, 0.25) is 0 Å². The number of benzene rings is 8. The molecule has 0 atom stereocenters. The predicted octanol–water partition coefficient (Wildman–Crippen LogP) is 13.0. The van der Waals surface area contributed by atoms with Gasteiger partial charge in [0, 0.05) is 38.2 Å². The van der Waals surface area contributed by atoms with Crippen LogP contribution in [-0.4, -0.2) is 4.57 Å². The van der Waals surface area contributed by atoms with Crippen molar-refractivity contribution < 1.29 is 4.42 Å². The van der Waals surface area contributed by atoms with Crippen LogP contribution in [0.1, 0.15) is 25.0 Å². The highest BCUT2D eigenvalue weighted by Gasteiger charge is 2.39. The second kappa shape index (κ2) is 9.49. The number of aromatic nitrogens is 1. The van der Waals surface area contributed by atoms with E-state index in [4.69, 9.17) is 4.42 Å². The fourth-order valence-corrected chi connectivity index (χ4v) is 9.11. The summed E-state index contributed by atoms with van der Waals surface area (Å²) in [7, 11) is 0. The molecule has 0 bridgehead atoms. The molecule has 2 heterocycles. The summed E-state index contributed by atoms with van der Waals surface area (Å²) in [5.74, 6) is 0. The fourth-order valence-electron chi connectivity index (χ4n) is 9.11. The van der Waals surface area contributed by atoms with Crippen LogP contribution in [0.25, 0.3) is 93.2 Å². The number of nitrogens with zero attached hydrogens (tertiary/aromatic N) is 1. The largest absolute Gasteiger partial charge is 0.456 e. The molecule has 0 N–H and O–H groups in total. The Hall–Kier alpha value is -6.12. The maximum absolute atomic E-state index is 7.02. The van der Waals surface area contributed by atoms with Crippen molar-refractivity contribution in [2.45, 2.75) is 19.3 Å². The Morgan fingerprint density at radius 3 is 1.78 bits per heavy atom. The Labute approximate surface area is 283 Å². The quantitative estimate of drug-likeness (QED) is 0.177. The van der Waals surface area contributed by atoms with E-state index < -0.39 is 5.41 Å². The van der Waals surface area contributed by atoms with Crippen molar-refractivity contribution in [3.63, 3.8) is 0 Å². The van der Waals surface area contributed by atoms with Gasteiger partial charge in [-0.15, -0.1) is 0 Å². The van der Waals surface area contributed by atoms with Gasteiger partial charge in [0.05, 0.1) is 11.0 Å². The third-order valence-electron chi connectivity index (χ3n) is 11.1. The standard InChI is InChI=1S/C47H31NO/c1-47(2)43-35(22-24-37-41-31-16-8-6-12-28(31)20-26-39(41)48(45(37)43)30-14-4-3-5-15-30)33-18-10-11-19-34(33)36-23-25-38-42-32-17-9-7-13-29(32)21-27-40(42)49-46(38)44(36)47/h3-27H,1-2H3. The van der Waals surface area contributed by atoms with Gasteiger partial charge in [-0.2, -0.15) is 0 Å². The van der Waals surface area contributed by atoms with Crippen LogP contribution in [0, 0.1) is 0 Å². The second-order valence-electron chi connectivity index (χ2n) is 14.0. The first-order chi connectivity index (χ1) is 24.1. The summed E-state index contributed by atoms with van der Waals surface area (Å²) in [6.07, 6.45) is 0. The highest BCUT2D eigenvalue weighted by Crippen LogP contribution is 2.55. The third-order valence-corrected chi connectivity index (χ3v) is 11.1. The van der Waals surface area contributed by atoms with E-state index in [9.17, 15) is 0 Å². The molecule has 1 aliphatic carbocycles. The second-order valence-corrected chi connectivity index (χ2v) is 14.0. The van der Waals surface area contributed by atoms with Gasteiger partial charge in [-0.1, -0.05) is 135 Å². The van der Waals surface area contributed by atoms with Crippen molar-refractivity contribution in [2.75, 3.05) is 0 Å². The van der Waals surface area contributed by atoms with Crippen LogP contribution in [0.4, 0.5) is 0 Å². The lowest BCUT2D eigenvalue weighted by molar-refractivity contribution is 0.613. The number of para-hydroxylation sites is 1. The zero-order chi connectivity index (χ0) is 32.4. The van der Waals surface area contributed by atoms with Gasteiger partial charge < -0.3 is 8.98 Å². The normalized spacial score (nSPS) is 13.7. The van der Waals surface area contributed by atoms with Gasteiger partial charge in [0.25, 0.3) is 0 Å². The molecule has 2 heteroatoms. The first kappa shape index (κ1) is 26.9. The first-order valence-electron chi connectivity index (χ1n) is 17.1. The Morgan fingerprint density at radius 1 is 0.449 bits per heavy atom. The van der Waals surface area contributed by atoms with E-state index in [0.29, 0.717) is 0 Å². The first-order valence-corrected chi connectivity index (χ1v) is 17.1. The lowest BCUT2D eigenvalue weighted by Gasteiger charge is -2.30. The highest BCUT2D eigenvalue weighted by molar-refractivity contribution is 6.24. The molecule has 10 aromatic rings. The van der Waals surface area contributed by atoms with Crippen LogP contribution >= 0.6 is 0 Å². The van der Waals surface area contributed by atoms with Crippen LogP contribution in [0.15, 0.2) is 156 Å². The van der Waals surface area contributed by atoms with Crippen LogP contribution in [0.3, 0.4) is 0 Å². The zero-order valence-corrected chi connectivity index (χ0v) is 27.3. The summed E-state index contributed by atoms with van der Waals surface area (Å²) in [4.78, 5) is 0. The van der Waals surface area contributed by atoms with E-state index in [1.165, 1.54) is 87.5 Å². The SMILES string of the molecule is CC1(C)c2c(ccc3c2oc2ccc4ccccc4c23)-c2ccccc2-c2ccc3c4c5ccccc5ccc4n(-c4ccccc4)c3c21. The minimum absolute atomic E-state index is 0.441. The molecule has 0 unspecified atom stereocenters. The van der Waals surface area contributed by atoms with Gasteiger partial charge in [-0.3, -0.25) is 0 Å². The summed E-state index contributed by atoms with van der Waals surface area (Å²) in [6, 6.07) is 55.5. The monoisotopic (exact) mass is 625 g/mol. The zero-order valence-electron chi connectivity index (χ0n) is 27.3. The Balaban J connectivity index is 1.37. The minimum atomic E-state index is -0.441. The summed E-state index contributed by atoms with van der Waals surface area (Å²) in [6.45, 7) is 4.82. The van der Waals surface area contributed by atoms with E-state index in [1.807, 2.05) is 0 Å². The van der Waals surface area contributed by atoms with Crippen molar-refractivity contribution in [3.05, 3.63) is 163 Å². The van der Waals surface area contributed by atoms with Gasteiger partial charge in [0.15, 0.2) is 0 Å². The van der Waals surface area contributed by atoms with Crippen molar-refractivity contribution in [2.24, 2.45) is 0 Å². The van der Waals surface area contributed by atoms with E-state index in [1.54, 1.807) is 0 Å². The number of hydrogen-bond donors (Lipinski definition) is 0. The summed E-state index contributed by atoms with van der Waals surface area (Å²) in [5, 5.41) is 9.90. The van der Waals surface area contributed by atoms with Gasteiger partial charge in [0.2, 0.25) is 0 Å². The topological polar surface area (TPSA) is 18.1 Å². The average molecular weight is 626 g/mol. The molecule has 0 fully saturated rings. The smallest absolute Gasteiger partial charge is 0.140 e. The van der Waals surface area contributed by atoms with Crippen LogP contribution in [0.5, 0.6) is 0 Å². The van der Waals surface area contributed by atoms with Crippen LogP contribution < -0.4 is 0 Å². The number of hydrogen-bond acceptors (Lipinski definition) is 1. The highest BCUT2D eigenvalue weighted by atomic mass is 16.3. The maximum atomic E-state index is 7.02. The molecule has 230 valence electrons. The predicted molar refractivity (Wildman–Crippen MR) is 206 cm³/mol. The number of furan rings is 1. The molecular formula is C47H31NO. The molecule has 2 nitrogen and oxygen atoms in total. The number of rotatable bonds is 1. The molecule has 0 saturated carbocycles. The third kappa shape index (κ3) is 3.45. The fraction of sp³-hybridized carbons (Fsp3) is 0.0638. The van der Waals surface area contributed by atoms with Crippen molar-refractivity contribution >= 4 is 65.3 Å². The Bertz CT molecular complexity index is 3010.